The van der Waals surface area contributed by atoms with Crippen molar-refractivity contribution in [3.63, 3.8) is 0 Å². The molecule has 2 N–H and O–H groups in total. The monoisotopic (exact) mass is 492 g/mol. The lowest BCUT2D eigenvalue weighted by Crippen LogP contribution is -2.49. The molecule has 1 heterocycles. The summed E-state index contributed by atoms with van der Waals surface area (Å²) in [5.74, 6) is 0.940. The first kappa shape index (κ1) is 24.7. The molecule has 1 saturated heterocycles. The fourth-order valence-corrected chi connectivity index (χ4v) is 3.92. The predicted molar refractivity (Wildman–Crippen MR) is 126 cm³/mol. The van der Waals surface area contributed by atoms with Crippen LogP contribution >= 0.6 is 24.0 Å². The third-order valence-corrected chi connectivity index (χ3v) is 5.28. The fourth-order valence-electron chi connectivity index (χ4n) is 3.92. The van der Waals surface area contributed by atoms with Crippen LogP contribution in [0.4, 0.5) is 0 Å². The molecule has 0 aromatic rings. The number of halogens is 1. The molecular formula is C21H41IN4O. The van der Waals surface area contributed by atoms with E-state index >= 15 is 0 Å². The number of ether oxygens (including phenoxy) is 1. The van der Waals surface area contributed by atoms with E-state index in [2.05, 4.69) is 36.0 Å². The Balaban J connectivity index is 0.00000364. The van der Waals surface area contributed by atoms with Gasteiger partial charge in [0.2, 0.25) is 0 Å². The maximum absolute atomic E-state index is 6.05. The number of rotatable bonds is 8. The smallest absolute Gasteiger partial charge is 0.191 e. The maximum Gasteiger partial charge on any atom is 0.191 e. The van der Waals surface area contributed by atoms with Gasteiger partial charge in [-0.05, 0) is 39.5 Å². The number of hydrogen-bond acceptors (Lipinski definition) is 3. The summed E-state index contributed by atoms with van der Waals surface area (Å²) in [6.07, 6.45) is 10.6. The van der Waals surface area contributed by atoms with Gasteiger partial charge in [-0.2, -0.15) is 0 Å². The van der Waals surface area contributed by atoms with Crippen LogP contribution in [-0.4, -0.2) is 62.3 Å². The zero-order chi connectivity index (χ0) is 18.6. The summed E-state index contributed by atoms with van der Waals surface area (Å²) >= 11 is 0. The molecular weight excluding hydrogens is 451 g/mol. The Bertz CT molecular complexity index is 428. The van der Waals surface area contributed by atoms with Gasteiger partial charge in [0.05, 0.1) is 19.3 Å². The van der Waals surface area contributed by atoms with Gasteiger partial charge in [-0.15, -0.1) is 24.0 Å². The zero-order valence-electron chi connectivity index (χ0n) is 17.5. The summed E-state index contributed by atoms with van der Waals surface area (Å²) < 4.78 is 6.05. The van der Waals surface area contributed by atoms with Crippen molar-refractivity contribution in [3.05, 3.63) is 12.2 Å². The highest BCUT2D eigenvalue weighted by Crippen LogP contribution is 2.19. The van der Waals surface area contributed by atoms with E-state index in [1.807, 2.05) is 0 Å². The van der Waals surface area contributed by atoms with E-state index in [4.69, 9.17) is 9.73 Å². The van der Waals surface area contributed by atoms with Gasteiger partial charge >= 0.3 is 0 Å². The molecule has 27 heavy (non-hydrogen) atoms. The van der Waals surface area contributed by atoms with Crippen LogP contribution in [0.2, 0.25) is 0 Å². The van der Waals surface area contributed by atoms with Crippen molar-refractivity contribution in [1.82, 2.24) is 15.5 Å². The molecule has 6 heteroatoms. The minimum absolute atomic E-state index is 0. The number of guanidine groups is 1. The zero-order valence-corrected chi connectivity index (χ0v) is 19.8. The highest BCUT2D eigenvalue weighted by atomic mass is 127. The summed E-state index contributed by atoms with van der Waals surface area (Å²) in [5, 5.41) is 6.99. The number of hydrogen-bond donors (Lipinski definition) is 2. The van der Waals surface area contributed by atoms with Crippen molar-refractivity contribution in [2.75, 3.05) is 39.3 Å². The second kappa shape index (κ2) is 14.6. The Labute approximate surface area is 183 Å². The fraction of sp³-hybridized carbons (Fsp3) is 0.857. The van der Waals surface area contributed by atoms with E-state index in [1.54, 1.807) is 0 Å². The molecule has 0 aromatic carbocycles. The first-order chi connectivity index (χ1) is 12.7. The highest BCUT2D eigenvalue weighted by Gasteiger charge is 2.19. The van der Waals surface area contributed by atoms with Crippen molar-refractivity contribution in [1.29, 1.82) is 0 Å². The lowest BCUT2D eigenvalue weighted by molar-refractivity contribution is 0.0487. The second-order valence-electron chi connectivity index (χ2n) is 7.90. The number of nitrogens with one attached hydrogen (secondary N) is 2. The van der Waals surface area contributed by atoms with E-state index in [1.165, 1.54) is 44.1 Å². The average Bonchev–Trinajstić information content (AvgIpc) is 2.89. The lowest BCUT2D eigenvalue weighted by Gasteiger charge is -2.33. The van der Waals surface area contributed by atoms with Gasteiger partial charge in [-0.25, -0.2) is 0 Å². The molecule has 0 spiro atoms. The van der Waals surface area contributed by atoms with Gasteiger partial charge in [0.1, 0.15) is 0 Å². The quantitative estimate of drug-likeness (QED) is 0.135. The molecule has 1 aliphatic carbocycles. The molecule has 1 saturated carbocycles. The van der Waals surface area contributed by atoms with Crippen LogP contribution in [0.25, 0.3) is 0 Å². The second-order valence-corrected chi connectivity index (χ2v) is 7.90. The van der Waals surface area contributed by atoms with E-state index in [0.29, 0.717) is 12.1 Å². The number of nitrogens with zero attached hydrogens (tertiary/aromatic N) is 2. The molecule has 0 bridgehead atoms. The average molecular weight is 492 g/mol. The molecule has 2 rings (SSSR count). The van der Waals surface area contributed by atoms with Crippen LogP contribution in [0.1, 0.15) is 65.2 Å². The normalized spacial score (nSPS) is 20.6. The third kappa shape index (κ3) is 10.7. The van der Waals surface area contributed by atoms with Crippen LogP contribution < -0.4 is 10.6 Å². The van der Waals surface area contributed by atoms with Crippen molar-refractivity contribution in [2.45, 2.75) is 77.4 Å². The first-order valence-electron chi connectivity index (χ1n) is 10.7. The van der Waals surface area contributed by atoms with E-state index in [-0.39, 0.29) is 24.0 Å². The number of piperidine rings is 1. The molecule has 158 valence electrons. The van der Waals surface area contributed by atoms with E-state index < -0.39 is 0 Å². The highest BCUT2D eigenvalue weighted by molar-refractivity contribution is 14.0. The summed E-state index contributed by atoms with van der Waals surface area (Å²) in [5.41, 5.74) is 1.25. The van der Waals surface area contributed by atoms with Crippen molar-refractivity contribution in [2.24, 2.45) is 4.99 Å². The lowest BCUT2D eigenvalue weighted by atomic mass is 10.0. The van der Waals surface area contributed by atoms with Crippen LogP contribution in [-0.2, 0) is 4.74 Å². The van der Waals surface area contributed by atoms with Gasteiger partial charge in [0.15, 0.2) is 5.96 Å². The van der Waals surface area contributed by atoms with Crippen LogP contribution in [0.15, 0.2) is 17.1 Å². The summed E-state index contributed by atoms with van der Waals surface area (Å²) in [4.78, 5) is 7.22. The standard InChI is InChI=1S/C21H40N4O.HI/c1-4-22-21(23-13-16-26-20-9-7-5-6-8-10-20)24-19-11-14-25(15-12-19)17-18(2)3;/h19-20H,2,4-17H2,1,3H3,(H2,22,23,24);1H. The van der Waals surface area contributed by atoms with Gasteiger partial charge in [0, 0.05) is 32.2 Å². The Morgan fingerprint density at radius 2 is 1.78 bits per heavy atom. The molecule has 0 atom stereocenters. The summed E-state index contributed by atoms with van der Waals surface area (Å²) in [7, 11) is 0. The predicted octanol–water partition coefficient (Wildman–Crippen LogP) is 3.94. The van der Waals surface area contributed by atoms with Gasteiger partial charge in [-0.3, -0.25) is 9.89 Å². The van der Waals surface area contributed by atoms with Crippen molar-refractivity contribution >= 4 is 29.9 Å². The van der Waals surface area contributed by atoms with Crippen molar-refractivity contribution in [3.8, 4) is 0 Å². The molecule has 2 fully saturated rings. The summed E-state index contributed by atoms with van der Waals surface area (Å²) in [6, 6.07) is 0.511. The molecule has 2 aliphatic rings. The Hall–Kier alpha value is -0.340. The van der Waals surface area contributed by atoms with Crippen LogP contribution in [0, 0.1) is 0 Å². The van der Waals surface area contributed by atoms with Crippen LogP contribution in [0.5, 0.6) is 0 Å². The first-order valence-corrected chi connectivity index (χ1v) is 10.7. The van der Waals surface area contributed by atoms with E-state index in [0.717, 1.165) is 58.1 Å². The Kier molecular flexibility index (Phi) is 13.4. The van der Waals surface area contributed by atoms with E-state index in [9.17, 15) is 0 Å². The number of likely N-dealkylation sites (tertiary alicyclic amines) is 1. The Morgan fingerprint density at radius 3 is 2.37 bits per heavy atom. The molecule has 5 nitrogen and oxygen atoms in total. The van der Waals surface area contributed by atoms with Crippen LogP contribution in [0.3, 0.4) is 0 Å². The minimum Gasteiger partial charge on any atom is -0.376 e. The third-order valence-electron chi connectivity index (χ3n) is 5.28. The largest absolute Gasteiger partial charge is 0.376 e. The topological polar surface area (TPSA) is 48.9 Å². The van der Waals surface area contributed by atoms with Crippen molar-refractivity contribution < 1.29 is 4.74 Å². The molecule has 0 radical (unpaired) electrons. The number of aliphatic imine (C=N–C) groups is 1. The van der Waals surface area contributed by atoms with Gasteiger partial charge in [-0.1, -0.05) is 37.8 Å². The maximum atomic E-state index is 6.05. The van der Waals surface area contributed by atoms with Gasteiger partial charge in [0.25, 0.3) is 0 Å². The van der Waals surface area contributed by atoms with Gasteiger partial charge < -0.3 is 15.4 Å². The molecule has 0 unspecified atom stereocenters. The molecule has 0 amide bonds. The molecule has 1 aliphatic heterocycles. The minimum atomic E-state index is 0. The molecule has 0 aromatic heterocycles. The summed E-state index contributed by atoms with van der Waals surface area (Å²) in [6.45, 7) is 13.9. The SMILES string of the molecule is C=C(C)CN1CCC(NC(=NCCOC2CCCCCC2)NCC)CC1.I. The Morgan fingerprint density at radius 1 is 1.11 bits per heavy atom.